The lowest BCUT2D eigenvalue weighted by Crippen LogP contribution is -2.82. The van der Waals surface area contributed by atoms with Crippen LogP contribution < -0.4 is 5.73 Å². The van der Waals surface area contributed by atoms with Crippen LogP contribution >= 0.6 is 0 Å². The molecule has 0 bridgehead atoms. The minimum Gasteiger partial charge on any atom is -0.398 e. The van der Waals surface area contributed by atoms with Crippen LogP contribution in [0.5, 0.6) is 0 Å². The van der Waals surface area contributed by atoms with Crippen LogP contribution in [0.2, 0.25) is 0 Å². The number of aryl methyl sites for hydroxylation is 2. The van der Waals surface area contributed by atoms with Crippen LogP contribution in [0.15, 0.2) is 12.1 Å². The Hall–Kier alpha value is -1.75. The summed E-state index contributed by atoms with van der Waals surface area (Å²) in [6.07, 6.45) is -0.198. The van der Waals surface area contributed by atoms with Crippen LogP contribution in [0.3, 0.4) is 0 Å². The summed E-state index contributed by atoms with van der Waals surface area (Å²) in [6, 6.07) is 0.297. The molecule has 12 heteroatoms. The van der Waals surface area contributed by atoms with Crippen molar-refractivity contribution in [3.8, 4) is 0 Å². The molecule has 1 aromatic rings. The van der Waals surface area contributed by atoms with Gasteiger partial charge in [-0.1, -0.05) is 19.1 Å². The standard InChI is InChI=1S/C15H12F11N/c1-3-7-5-8(4-6(2)9(7)27)10(16)11(17,18)13(21,22)15(25,26)14(23,24)12(10,19)20/h4-5H,3,27H2,1-2H3. The van der Waals surface area contributed by atoms with Crippen molar-refractivity contribution in [2.24, 2.45) is 0 Å². The molecule has 0 atom stereocenters. The first kappa shape index (κ1) is 21.5. The van der Waals surface area contributed by atoms with Gasteiger partial charge in [0.1, 0.15) is 0 Å². The fourth-order valence-electron chi connectivity index (χ4n) is 2.95. The Kier molecular flexibility index (Phi) is 4.31. The van der Waals surface area contributed by atoms with E-state index in [1.807, 2.05) is 0 Å². The van der Waals surface area contributed by atoms with Gasteiger partial charge in [-0.25, -0.2) is 4.39 Å². The lowest BCUT2D eigenvalue weighted by molar-refractivity contribution is -0.489. The Morgan fingerprint density at radius 1 is 0.704 bits per heavy atom. The summed E-state index contributed by atoms with van der Waals surface area (Å²) < 4.78 is 152. The predicted molar refractivity (Wildman–Crippen MR) is 72.5 cm³/mol. The topological polar surface area (TPSA) is 26.0 Å². The van der Waals surface area contributed by atoms with E-state index in [0.717, 1.165) is 6.92 Å². The maximum absolute atomic E-state index is 15.0. The Morgan fingerprint density at radius 3 is 1.44 bits per heavy atom. The molecule has 2 rings (SSSR count). The van der Waals surface area contributed by atoms with Crippen molar-refractivity contribution < 1.29 is 48.3 Å². The van der Waals surface area contributed by atoms with E-state index in [-0.39, 0.29) is 35.4 Å². The molecule has 1 nitrogen and oxygen atoms in total. The molecule has 27 heavy (non-hydrogen) atoms. The molecule has 0 saturated heterocycles. The summed E-state index contributed by atoms with van der Waals surface area (Å²) in [7, 11) is 0. The van der Waals surface area contributed by atoms with Crippen molar-refractivity contribution in [1.29, 1.82) is 0 Å². The van der Waals surface area contributed by atoms with Crippen molar-refractivity contribution in [3.63, 3.8) is 0 Å². The molecule has 0 heterocycles. The summed E-state index contributed by atoms with van der Waals surface area (Å²) in [4.78, 5) is 0. The lowest BCUT2D eigenvalue weighted by atomic mass is 9.68. The second-order valence-corrected chi connectivity index (χ2v) is 6.25. The number of nitrogen functional groups attached to an aromatic ring is 1. The average molecular weight is 415 g/mol. The van der Waals surface area contributed by atoms with E-state index < -0.39 is 40.8 Å². The van der Waals surface area contributed by atoms with Crippen LogP contribution in [0.1, 0.15) is 23.6 Å². The smallest absolute Gasteiger partial charge is 0.384 e. The maximum Gasteiger partial charge on any atom is 0.384 e. The first-order valence-electron chi connectivity index (χ1n) is 7.33. The third-order valence-corrected chi connectivity index (χ3v) is 4.69. The molecule has 154 valence electrons. The molecule has 2 N–H and O–H groups in total. The summed E-state index contributed by atoms with van der Waals surface area (Å²) in [5.74, 6) is -35.2. The Morgan fingerprint density at radius 2 is 1.07 bits per heavy atom. The highest BCUT2D eigenvalue weighted by molar-refractivity contribution is 5.57. The van der Waals surface area contributed by atoms with Crippen LogP contribution in [-0.2, 0) is 12.1 Å². The van der Waals surface area contributed by atoms with E-state index in [1.54, 1.807) is 0 Å². The highest BCUT2D eigenvalue weighted by Crippen LogP contribution is 2.72. The van der Waals surface area contributed by atoms with Gasteiger partial charge in [0.15, 0.2) is 0 Å². The fourth-order valence-corrected chi connectivity index (χ4v) is 2.95. The van der Waals surface area contributed by atoms with Crippen molar-refractivity contribution >= 4 is 5.69 Å². The number of hydrogen-bond donors (Lipinski definition) is 1. The average Bonchev–Trinajstić information content (AvgIpc) is 2.54. The van der Waals surface area contributed by atoms with Crippen molar-refractivity contribution in [2.45, 2.75) is 55.5 Å². The summed E-state index contributed by atoms with van der Waals surface area (Å²) in [5.41, 5.74) is -3.51. The van der Waals surface area contributed by atoms with Crippen molar-refractivity contribution in [2.75, 3.05) is 5.73 Å². The van der Waals surface area contributed by atoms with Gasteiger partial charge in [-0.3, -0.25) is 0 Å². The summed E-state index contributed by atoms with van der Waals surface area (Å²) in [6.45, 7) is 2.29. The molecule has 0 aliphatic heterocycles. The van der Waals surface area contributed by atoms with Gasteiger partial charge in [0.25, 0.3) is 5.67 Å². The lowest BCUT2D eigenvalue weighted by Gasteiger charge is -2.52. The first-order chi connectivity index (χ1) is 11.9. The van der Waals surface area contributed by atoms with E-state index >= 15 is 0 Å². The Labute approximate surface area is 145 Å². The van der Waals surface area contributed by atoms with E-state index in [4.69, 9.17) is 5.73 Å². The number of nitrogens with two attached hydrogens (primary N) is 1. The van der Waals surface area contributed by atoms with E-state index in [9.17, 15) is 48.3 Å². The minimum atomic E-state index is -7.22. The molecule has 0 spiro atoms. The zero-order chi connectivity index (χ0) is 21.4. The molecule has 1 aromatic carbocycles. The quantitative estimate of drug-likeness (QED) is 0.502. The summed E-state index contributed by atoms with van der Waals surface area (Å²) >= 11 is 0. The predicted octanol–water partition coefficient (Wildman–Crippen LogP) is 5.49. The van der Waals surface area contributed by atoms with Gasteiger partial charge in [0, 0.05) is 11.3 Å². The van der Waals surface area contributed by atoms with Gasteiger partial charge in [-0.05, 0) is 24.5 Å². The van der Waals surface area contributed by atoms with E-state index in [0.29, 0.717) is 0 Å². The minimum absolute atomic E-state index is 0.131. The molecule has 1 aliphatic carbocycles. The third kappa shape index (κ3) is 2.06. The van der Waals surface area contributed by atoms with Crippen molar-refractivity contribution in [1.82, 2.24) is 0 Å². The number of alkyl halides is 11. The largest absolute Gasteiger partial charge is 0.398 e. The van der Waals surface area contributed by atoms with Gasteiger partial charge in [-0.15, -0.1) is 0 Å². The second kappa shape index (κ2) is 5.40. The zero-order valence-corrected chi connectivity index (χ0v) is 13.6. The zero-order valence-electron chi connectivity index (χ0n) is 13.6. The van der Waals surface area contributed by atoms with E-state index in [1.165, 1.54) is 6.92 Å². The normalized spacial score (nSPS) is 26.6. The number of benzene rings is 1. The van der Waals surface area contributed by atoms with Gasteiger partial charge in [-0.2, -0.15) is 43.9 Å². The molecule has 1 saturated carbocycles. The van der Waals surface area contributed by atoms with E-state index in [2.05, 4.69) is 0 Å². The molecule has 0 unspecified atom stereocenters. The third-order valence-electron chi connectivity index (χ3n) is 4.69. The van der Waals surface area contributed by atoms with Crippen molar-refractivity contribution in [3.05, 3.63) is 28.8 Å². The van der Waals surface area contributed by atoms with Gasteiger partial charge in [0.05, 0.1) is 0 Å². The van der Waals surface area contributed by atoms with Gasteiger partial charge < -0.3 is 5.73 Å². The number of rotatable bonds is 2. The SMILES string of the molecule is CCc1cc(C2(F)C(F)(F)C(F)(F)C(F)(F)C(F)(F)C2(F)F)cc(C)c1N. The second-order valence-electron chi connectivity index (χ2n) is 6.25. The molecular weight excluding hydrogens is 403 g/mol. The monoisotopic (exact) mass is 415 g/mol. The maximum atomic E-state index is 15.0. The Bertz CT molecular complexity index is 739. The molecule has 0 radical (unpaired) electrons. The Balaban J connectivity index is 2.98. The summed E-state index contributed by atoms with van der Waals surface area (Å²) in [5, 5.41) is 0. The highest BCUT2D eigenvalue weighted by Gasteiger charge is 3.01. The molecule has 0 amide bonds. The highest BCUT2D eigenvalue weighted by atomic mass is 19.4. The van der Waals surface area contributed by atoms with Crippen LogP contribution in [0.4, 0.5) is 54.0 Å². The fraction of sp³-hybridized carbons (Fsp3) is 0.600. The first-order valence-corrected chi connectivity index (χ1v) is 7.33. The molecule has 1 fully saturated rings. The van der Waals surface area contributed by atoms with Gasteiger partial charge in [0.2, 0.25) is 0 Å². The number of halogens is 11. The number of hydrogen-bond acceptors (Lipinski definition) is 1. The van der Waals surface area contributed by atoms with Crippen LogP contribution in [0, 0.1) is 6.92 Å². The molecular formula is C15H12F11N. The van der Waals surface area contributed by atoms with Gasteiger partial charge >= 0.3 is 29.6 Å². The van der Waals surface area contributed by atoms with Crippen LogP contribution in [-0.4, -0.2) is 29.6 Å². The molecule has 1 aliphatic rings. The molecule has 0 aromatic heterocycles. The van der Waals surface area contributed by atoms with Crippen LogP contribution in [0.25, 0.3) is 0 Å². The number of anilines is 1.